The summed E-state index contributed by atoms with van der Waals surface area (Å²) in [5.41, 5.74) is 0.845. The van der Waals surface area contributed by atoms with Gasteiger partial charge in [-0.15, -0.1) is 5.10 Å². The van der Waals surface area contributed by atoms with Crippen molar-refractivity contribution in [1.82, 2.24) is 20.3 Å². The van der Waals surface area contributed by atoms with Gasteiger partial charge >= 0.3 is 0 Å². The van der Waals surface area contributed by atoms with Gasteiger partial charge in [0.05, 0.1) is 6.54 Å². The molecule has 0 aliphatic heterocycles. The Bertz CT molecular complexity index is 443. The van der Waals surface area contributed by atoms with Crippen molar-refractivity contribution >= 4 is 15.9 Å². The summed E-state index contributed by atoms with van der Waals surface area (Å²) >= 11 is 3.33. The molecule has 0 spiro atoms. The lowest BCUT2D eigenvalue weighted by Gasteiger charge is -1.97. The van der Waals surface area contributed by atoms with Gasteiger partial charge in [0.1, 0.15) is 11.5 Å². The van der Waals surface area contributed by atoms with Crippen LogP contribution in [-0.2, 0) is 13.6 Å². The van der Waals surface area contributed by atoms with Crippen LogP contribution in [-0.4, -0.2) is 22.0 Å². The van der Waals surface area contributed by atoms with E-state index in [0.717, 1.165) is 17.2 Å². The van der Waals surface area contributed by atoms with E-state index >= 15 is 0 Å². The van der Waals surface area contributed by atoms with E-state index < -0.39 is 0 Å². The first-order valence-corrected chi connectivity index (χ1v) is 5.30. The van der Waals surface area contributed by atoms with Gasteiger partial charge in [0.15, 0.2) is 10.4 Å². The number of aromatic nitrogens is 3. The molecule has 0 aliphatic carbocycles. The summed E-state index contributed by atoms with van der Waals surface area (Å²) in [5.74, 6) is 1.65. The third-order valence-electron chi connectivity index (χ3n) is 2.03. The number of hydrogen-bond acceptors (Lipinski definition) is 4. The predicted octanol–water partition coefficient (Wildman–Crippen LogP) is 1.56. The number of aryl methyl sites for hydroxylation is 1. The van der Waals surface area contributed by atoms with E-state index in [4.69, 9.17) is 4.42 Å². The number of furan rings is 1. The summed E-state index contributed by atoms with van der Waals surface area (Å²) in [5, 5.41) is 10.8. The van der Waals surface area contributed by atoms with Gasteiger partial charge in [-0.3, -0.25) is 0 Å². The highest BCUT2D eigenvalue weighted by Crippen LogP contribution is 2.27. The molecule has 0 aliphatic rings. The molecule has 1 N–H and O–H groups in total. The van der Waals surface area contributed by atoms with Crippen LogP contribution in [0.25, 0.3) is 11.5 Å². The van der Waals surface area contributed by atoms with Crippen molar-refractivity contribution < 1.29 is 4.42 Å². The maximum absolute atomic E-state index is 5.64. The first kappa shape index (κ1) is 10.4. The molecule has 0 aromatic carbocycles. The molecule has 2 aromatic rings. The fraction of sp³-hybridized carbons (Fsp3) is 0.333. The molecule has 0 fully saturated rings. The Morgan fingerprint density at radius 2 is 2.33 bits per heavy atom. The lowest BCUT2D eigenvalue weighted by Crippen LogP contribution is -2.03. The van der Waals surface area contributed by atoms with Gasteiger partial charge in [-0.1, -0.05) is 5.21 Å². The number of hydrogen-bond donors (Lipinski definition) is 1. The minimum atomic E-state index is 0.690. The summed E-state index contributed by atoms with van der Waals surface area (Å²) in [4.78, 5) is 0. The molecule has 0 amide bonds. The van der Waals surface area contributed by atoms with E-state index in [1.807, 2.05) is 26.2 Å². The zero-order valence-corrected chi connectivity index (χ0v) is 10.1. The van der Waals surface area contributed by atoms with E-state index in [1.54, 1.807) is 4.68 Å². The van der Waals surface area contributed by atoms with E-state index in [2.05, 4.69) is 31.6 Å². The molecule has 0 bridgehead atoms. The first-order valence-electron chi connectivity index (χ1n) is 4.51. The molecule has 0 radical (unpaired) electrons. The van der Waals surface area contributed by atoms with Crippen molar-refractivity contribution in [3.8, 4) is 11.5 Å². The maximum atomic E-state index is 5.64. The van der Waals surface area contributed by atoms with Crippen LogP contribution >= 0.6 is 15.9 Å². The van der Waals surface area contributed by atoms with Crippen LogP contribution in [0.5, 0.6) is 0 Å². The predicted molar refractivity (Wildman–Crippen MR) is 59.2 cm³/mol. The monoisotopic (exact) mass is 270 g/mol. The van der Waals surface area contributed by atoms with E-state index in [9.17, 15) is 0 Å². The fourth-order valence-electron chi connectivity index (χ4n) is 1.37. The molecule has 2 heterocycles. The third kappa shape index (κ3) is 1.95. The van der Waals surface area contributed by atoms with Gasteiger partial charge in [0.2, 0.25) is 0 Å². The highest BCUT2D eigenvalue weighted by atomic mass is 79.9. The van der Waals surface area contributed by atoms with Crippen LogP contribution in [0.15, 0.2) is 21.2 Å². The van der Waals surface area contributed by atoms with Crippen LogP contribution in [0, 0.1) is 0 Å². The van der Waals surface area contributed by atoms with Crippen LogP contribution in [0.3, 0.4) is 0 Å². The fourth-order valence-corrected chi connectivity index (χ4v) is 1.89. The molecular weight excluding hydrogens is 260 g/mol. The topological polar surface area (TPSA) is 55.9 Å². The Morgan fingerprint density at radius 3 is 2.93 bits per heavy atom. The second kappa shape index (κ2) is 4.16. The summed E-state index contributed by atoms with van der Waals surface area (Å²) in [6.07, 6.45) is 0. The van der Waals surface area contributed by atoms with Gasteiger partial charge in [0.25, 0.3) is 0 Å². The normalized spacial score (nSPS) is 10.9. The van der Waals surface area contributed by atoms with Crippen LogP contribution in [0.4, 0.5) is 0 Å². The minimum Gasteiger partial charge on any atom is -0.458 e. The lowest BCUT2D eigenvalue weighted by atomic mass is 10.3. The van der Waals surface area contributed by atoms with Gasteiger partial charge in [-0.2, -0.15) is 0 Å². The van der Waals surface area contributed by atoms with Crippen molar-refractivity contribution in [3.05, 3.63) is 22.5 Å². The molecule has 0 saturated carbocycles. The van der Waals surface area contributed by atoms with E-state index in [-0.39, 0.29) is 0 Å². The lowest BCUT2D eigenvalue weighted by molar-refractivity contribution is 0.502. The average molecular weight is 271 g/mol. The molecule has 5 nitrogen and oxygen atoms in total. The Labute approximate surface area is 95.6 Å². The molecule has 2 rings (SSSR count). The van der Waals surface area contributed by atoms with Crippen molar-refractivity contribution in [2.24, 2.45) is 7.05 Å². The molecule has 2 aromatic heterocycles. The molecule has 0 unspecified atom stereocenters. The highest BCUT2D eigenvalue weighted by Gasteiger charge is 2.14. The molecule has 0 atom stereocenters. The highest BCUT2D eigenvalue weighted by molar-refractivity contribution is 9.10. The van der Waals surface area contributed by atoms with Crippen LogP contribution < -0.4 is 5.32 Å². The smallest absolute Gasteiger partial charge is 0.159 e. The Balaban J connectivity index is 2.37. The largest absolute Gasteiger partial charge is 0.458 e. The summed E-state index contributed by atoms with van der Waals surface area (Å²) in [7, 11) is 3.71. The zero-order chi connectivity index (χ0) is 10.8. The summed E-state index contributed by atoms with van der Waals surface area (Å²) < 4.78 is 8.00. The van der Waals surface area contributed by atoms with Crippen LogP contribution in [0.1, 0.15) is 5.76 Å². The SMILES string of the molecule is CNCc1ccc(-c2c(Br)nnn2C)o1. The molecular formula is C9H11BrN4O. The third-order valence-corrected chi connectivity index (χ3v) is 2.57. The van der Waals surface area contributed by atoms with Gasteiger partial charge < -0.3 is 9.73 Å². The molecule has 0 saturated heterocycles. The van der Waals surface area contributed by atoms with Crippen molar-refractivity contribution in [3.63, 3.8) is 0 Å². The average Bonchev–Trinajstić information content (AvgIpc) is 2.75. The van der Waals surface area contributed by atoms with Crippen LogP contribution in [0.2, 0.25) is 0 Å². The van der Waals surface area contributed by atoms with Gasteiger partial charge in [0, 0.05) is 7.05 Å². The number of nitrogens with zero attached hydrogens (tertiary/aromatic N) is 3. The van der Waals surface area contributed by atoms with Gasteiger partial charge in [-0.05, 0) is 35.1 Å². The van der Waals surface area contributed by atoms with Crippen molar-refractivity contribution in [2.45, 2.75) is 6.54 Å². The van der Waals surface area contributed by atoms with Crippen molar-refractivity contribution in [2.75, 3.05) is 7.05 Å². The van der Waals surface area contributed by atoms with E-state index in [0.29, 0.717) is 11.1 Å². The van der Waals surface area contributed by atoms with Gasteiger partial charge in [-0.25, -0.2) is 4.68 Å². The number of halogens is 1. The second-order valence-electron chi connectivity index (χ2n) is 3.15. The Hall–Kier alpha value is -1.14. The molecule has 80 valence electrons. The standard InChI is InChI=1S/C9H11BrN4O/c1-11-5-6-3-4-7(15-6)8-9(10)12-13-14(8)2/h3-4,11H,5H2,1-2H3. The number of rotatable bonds is 3. The van der Waals surface area contributed by atoms with Crippen molar-refractivity contribution in [1.29, 1.82) is 0 Å². The summed E-state index contributed by atoms with van der Waals surface area (Å²) in [6.45, 7) is 0.711. The Kier molecular flexibility index (Phi) is 2.88. The second-order valence-corrected chi connectivity index (χ2v) is 3.90. The maximum Gasteiger partial charge on any atom is 0.159 e. The Morgan fingerprint density at radius 1 is 1.53 bits per heavy atom. The first-order chi connectivity index (χ1) is 7.22. The quantitative estimate of drug-likeness (QED) is 0.920. The number of nitrogens with one attached hydrogen (secondary N) is 1. The molecule has 6 heteroatoms. The van der Waals surface area contributed by atoms with E-state index in [1.165, 1.54) is 0 Å². The minimum absolute atomic E-state index is 0.690. The summed E-state index contributed by atoms with van der Waals surface area (Å²) in [6, 6.07) is 3.85. The molecule has 15 heavy (non-hydrogen) atoms. The zero-order valence-electron chi connectivity index (χ0n) is 8.49.